The smallest absolute Gasteiger partial charge is 0.496 e. The van der Waals surface area contributed by atoms with Crippen LogP contribution < -0.4 is 4.74 Å². The van der Waals surface area contributed by atoms with Crippen LogP contribution >= 0.6 is 0 Å². The summed E-state index contributed by atoms with van der Waals surface area (Å²) in [5, 5.41) is 3.68. The van der Waals surface area contributed by atoms with Crippen molar-refractivity contribution in [2.24, 2.45) is 4.99 Å². The van der Waals surface area contributed by atoms with Crippen LogP contribution in [0.3, 0.4) is 0 Å². The molecule has 0 aliphatic rings. The van der Waals surface area contributed by atoms with Crippen LogP contribution in [-0.4, -0.2) is 31.7 Å². The standard InChI is InChI=1S/C94H87BF2N2O3/c1-58(81(65-26-22-28-69(56-65)93(8,9)10)84(76-35-24-33-73-71-30-16-20-38-79(71)101-89(73)76)86(98-14)63-44-40-59(41-45-63)61-48-52-67(53-49-61)91(2,3)4)82(75-32-18-19-37-78(75)100-15)88-83(66-27-23-29-70(57-66)94(11,12)13)85(77-36-25-34-74-72-31-17-21-39-80(72)102-90(74)77)87(99(88)95(96)97)64-46-42-60(43-47-64)62-50-54-68(55-51-62)92(5,6)7/h16-57H,1-15H3/b82-58+,84-81+,98-86?. The number of furan rings is 2. The fraction of sp³-hybridized carbons (Fsp3) is 0.202. The lowest BCUT2D eigenvalue weighted by atomic mass is 9.78. The summed E-state index contributed by atoms with van der Waals surface area (Å²) in [6, 6.07) is 88.0. The number of aromatic nitrogens is 1. The Hall–Kier alpha value is -10.8. The highest BCUT2D eigenvalue weighted by Crippen LogP contribution is 2.55. The van der Waals surface area contributed by atoms with Gasteiger partial charge in [-0.3, -0.25) is 13.6 Å². The second-order valence-electron chi connectivity index (χ2n) is 31.1. The topological polar surface area (TPSA) is 52.8 Å². The molecule has 0 radical (unpaired) electrons. The summed E-state index contributed by atoms with van der Waals surface area (Å²) in [5.74, 6) is 0.492. The Bertz CT molecular complexity index is 5610. The van der Waals surface area contributed by atoms with E-state index in [1.807, 2.05) is 92.0 Å². The highest BCUT2D eigenvalue weighted by atomic mass is 19.2. The first-order valence-corrected chi connectivity index (χ1v) is 35.4. The maximum Gasteiger partial charge on any atom is 0.678 e. The Balaban J connectivity index is 1.19. The van der Waals surface area contributed by atoms with E-state index < -0.39 is 7.40 Å². The lowest BCUT2D eigenvalue weighted by Gasteiger charge is -2.26. The zero-order chi connectivity index (χ0) is 71.7. The number of halogens is 2. The number of allylic oxidation sites excluding steroid dienone is 3. The average molecular weight is 1340 g/mol. The minimum Gasteiger partial charge on any atom is -0.496 e. The molecule has 0 aliphatic heterocycles. The zero-order valence-electron chi connectivity index (χ0n) is 61.2. The molecule has 0 saturated carbocycles. The van der Waals surface area contributed by atoms with E-state index in [0.29, 0.717) is 72.9 Å². The van der Waals surface area contributed by atoms with Crippen molar-refractivity contribution in [2.75, 3.05) is 14.2 Å². The van der Waals surface area contributed by atoms with Crippen LogP contribution in [0.2, 0.25) is 0 Å². The highest BCUT2D eigenvalue weighted by Gasteiger charge is 2.39. The molecule has 0 fully saturated rings. The lowest BCUT2D eigenvalue weighted by Crippen LogP contribution is -2.19. The summed E-state index contributed by atoms with van der Waals surface area (Å²) < 4.78 is 59.4. The van der Waals surface area contributed by atoms with Crippen molar-refractivity contribution in [3.63, 3.8) is 0 Å². The molecule has 0 unspecified atom stereocenters. The maximum absolute atomic E-state index is 18.6. The van der Waals surface area contributed by atoms with Crippen LogP contribution in [0.1, 0.15) is 140 Å². The molecule has 3 aromatic heterocycles. The molecule has 0 aliphatic carbocycles. The number of ether oxygens (including phenoxy) is 1. The molecular weight excluding hydrogens is 1250 g/mol. The van der Waals surface area contributed by atoms with Crippen molar-refractivity contribution in [2.45, 2.75) is 112 Å². The number of aliphatic imine (C=N–C) groups is 1. The molecular formula is C94H87BF2N2O3. The van der Waals surface area contributed by atoms with Crippen molar-refractivity contribution < 1.29 is 22.2 Å². The monoisotopic (exact) mass is 1340 g/mol. The molecule has 0 bridgehead atoms. The van der Waals surface area contributed by atoms with E-state index >= 15 is 8.63 Å². The van der Waals surface area contributed by atoms with Crippen LogP contribution in [0.5, 0.6) is 5.75 Å². The average Bonchev–Trinajstić information content (AvgIpc) is 1.54. The van der Waals surface area contributed by atoms with Crippen molar-refractivity contribution in [1.82, 2.24) is 4.48 Å². The first-order valence-electron chi connectivity index (χ1n) is 35.4. The summed E-state index contributed by atoms with van der Waals surface area (Å²) >= 11 is 0. The van der Waals surface area contributed by atoms with Gasteiger partial charge < -0.3 is 18.0 Å². The van der Waals surface area contributed by atoms with Crippen LogP contribution in [0.15, 0.2) is 274 Å². The first kappa shape index (κ1) is 68.3. The third-order valence-electron chi connectivity index (χ3n) is 20.3. The fourth-order valence-electron chi connectivity index (χ4n) is 14.8. The third kappa shape index (κ3) is 12.6. The largest absolute Gasteiger partial charge is 0.678 e. The maximum atomic E-state index is 18.6. The number of hydrogen-bond donors (Lipinski definition) is 0. The number of rotatable bonds is 14. The molecule has 0 atom stereocenters. The number of methoxy groups -OCH3 is 1. The molecule has 508 valence electrons. The van der Waals surface area contributed by atoms with Gasteiger partial charge in [-0.2, -0.15) is 0 Å². The predicted molar refractivity (Wildman–Crippen MR) is 428 cm³/mol. The van der Waals surface area contributed by atoms with Gasteiger partial charge in [0, 0.05) is 78.8 Å². The van der Waals surface area contributed by atoms with E-state index in [1.54, 1.807) is 7.11 Å². The predicted octanol–water partition coefficient (Wildman–Crippen LogP) is 26.1. The molecule has 0 amide bonds. The van der Waals surface area contributed by atoms with Gasteiger partial charge in [0.15, 0.2) is 0 Å². The van der Waals surface area contributed by atoms with Crippen LogP contribution in [0, 0.1) is 0 Å². The molecule has 102 heavy (non-hydrogen) atoms. The van der Waals surface area contributed by atoms with E-state index in [0.717, 1.165) is 93.9 Å². The molecule has 14 aromatic rings. The van der Waals surface area contributed by atoms with E-state index in [4.69, 9.17) is 18.6 Å². The second kappa shape index (κ2) is 26.6. The molecule has 11 aromatic carbocycles. The minimum absolute atomic E-state index is 0.00876. The van der Waals surface area contributed by atoms with E-state index in [2.05, 4.69) is 260 Å². The highest BCUT2D eigenvalue weighted by molar-refractivity contribution is 6.44. The van der Waals surface area contributed by atoms with Crippen molar-refractivity contribution in [1.29, 1.82) is 0 Å². The summed E-state index contributed by atoms with van der Waals surface area (Å²) in [5.41, 5.74) is 20.8. The Morgan fingerprint density at radius 2 is 0.853 bits per heavy atom. The molecule has 8 heteroatoms. The van der Waals surface area contributed by atoms with Gasteiger partial charge in [-0.05, 0) is 119 Å². The first-order chi connectivity index (χ1) is 48.8. The number of para-hydroxylation sites is 5. The molecule has 0 spiro atoms. The second-order valence-corrected chi connectivity index (χ2v) is 31.1. The van der Waals surface area contributed by atoms with Gasteiger partial charge in [-0.25, -0.2) is 0 Å². The van der Waals surface area contributed by atoms with Crippen molar-refractivity contribution >= 4 is 73.7 Å². The lowest BCUT2D eigenvalue weighted by molar-refractivity contribution is 0.413. The Morgan fingerprint density at radius 3 is 1.40 bits per heavy atom. The summed E-state index contributed by atoms with van der Waals surface area (Å²) in [7, 11) is 0.370. The Kier molecular flexibility index (Phi) is 17.8. The van der Waals surface area contributed by atoms with Gasteiger partial charge in [0.1, 0.15) is 28.1 Å². The van der Waals surface area contributed by atoms with Gasteiger partial charge in [-0.1, -0.05) is 320 Å². The van der Waals surface area contributed by atoms with Crippen LogP contribution in [0.4, 0.5) is 8.63 Å². The van der Waals surface area contributed by atoms with Crippen LogP contribution in [-0.2, 0) is 21.7 Å². The number of nitrogens with zero attached hydrogens (tertiary/aromatic N) is 2. The number of hydrogen-bond acceptors (Lipinski definition) is 4. The summed E-state index contributed by atoms with van der Waals surface area (Å²) in [4.78, 5) is 5.44. The minimum atomic E-state index is -3.14. The molecule has 0 N–H and O–H groups in total. The zero-order valence-corrected chi connectivity index (χ0v) is 61.2. The molecule has 5 nitrogen and oxygen atoms in total. The Labute approximate surface area is 599 Å². The fourth-order valence-corrected chi connectivity index (χ4v) is 14.8. The third-order valence-corrected chi connectivity index (χ3v) is 20.3. The van der Waals surface area contributed by atoms with E-state index in [-0.39, 0.29) is 27.4 Å². The number of fused-ring (bicyclic) bond motifs is 6. The van der Waals surface area contributed by atoms with Gasteiger partial charge in [0.25, 0.3) is 0 Å². The van der Waals surface area contributed by atoms with Gasteiger partial charge in [-0.15, -0.1) is 0 Å². The number of benzene rings is 11. The van der Waals surface area contributed by atoms with E-state index in [1.165, 1.54) is 15.6 Å². The quantitative estimate of drug-likeness (QED) is 0.0472. The molecule has 14 rings (SSSR count). The van der Waals surface area contributed by atoms with Gasteiger partial charge >= 0.3 is 7.40 Å². The van der Waals surface area contributed by atoms with Gasteiger partial charge in [0.2, 0.25) is 0 Å². The normalized spacial score (nSPS) is 13.1. The molecule has 3 heterocycles. The SMILES string of the molecule is CN=C(/C(=C(\C(C)=C(/c1ccccc1OC)c1c(-c2cccc(C(C)(C)C)c2)c(-c2cccc3c2oc2ccccc23)c(-c2ccc(-c3ccc(C(C)(C)C)cc3)cc2)n1B(F)F)c1cccc(C(C)(C)C)c1)c1cccc2c1oc1ccccc12)c1ccc(-c2ccc(C(C)(C)C)cc2)cc1. The van der Waals surface area contributed by atoms with Crippen molar-refractivity contribution in [3.8, 4) is 61.5 Å². The molecule has 0 saturated heterocycles. The van der Waals surface area contributed by atoms with Gasteiger partial charge in [0.05, 0.1) is 18.5 Å². The summed E-state index contributed by atoms with van der Waals surface area (Å²) in [6.45, 7) is 28.7. The Morgan fingerprint density at radius 1 is 0.402 bits per heavy atom. The van der Waals surface area contributed by atoms with E-state index in [9.17, 15) is 0 Å². The van der Waals surface area contributed by atoms with Crippen LogP contribution in [0.25, 0.3) is 116 Å². The van der Waals surface area contributed by atoms with Crippen molar-refractivity contribution in [3.05, 3.63) is 311 Å². The summed E-state index contributed by atoms with van der Waals surface area (Å²) in [6.07, 6.45) is 0.